The number of hydrogen-bond donors (Lipinski definition) is 1. The summed E-state index contributed by atoms with van der Waals surface area (Å²) in [6.07, 6.45) is 1.01. The Hall–Kier alpha value is -0.360. The average Bonchev–Trinajstić information content (AvgIpc) is 2.94. The molecule has 0 aliphatic carbocycles. The third-order valence-electron chi connectivity index (χ3n) is 2.56. The summed E-state index contributed by atoms with van der Waals surface area (Å²) < 4.78 is 6.41. The molecule has 0 amide bonds. The predicted octanol–water partition coefficient (Wildman–Crippen LogP) is 4.08. The fourth-order valence-corrected chi connectivity index (χ4v) is 4.13. The highest BCUT2D eigenvalue weighted by molar-refractivity contribution is 9.11. The van der Waals surface area contributed by atoms with E-state index in [0.29, 0.717) is 6.04 Å². The number of halogens is 1. The van der Waals surface area contributed by atoms with Crippen molar-refractivity contribution in [3.63, 3.8) is 0 Å². The fourth-order valence-electron chi connectivity index (χ4n) is 1.63. The van der Waals surface area contributed by atoms with Crippen molar-refractivity contribution in [2.45, 2.75) is 12.5 Å². The van der Waals surface area contributed by atoms with Crippen LogP contribution in [0.2, 0.25) is 0 Å². The standard InChI is InChI=1S/C12H14BrNOS2/c1-14-10(6-9-3-4-12(13)17-9)11-5-8(15-2)7-16-11/h3-5,7,10,14H,6H2,1-2H3. The molecule has 0 aliphatic rings. The topological polar surface area (TPSA) is 21.3 Å². The van der Waals surface area contributed by atoms with E-state index in [4.69, 9.17) is 4.74 Å². The molecule has 0 saturated carbocycles. The quantitative estimate of drug-likeness (QED) is 0.891. The highest BCUT2D eigenvalue weighted by Gasteiger charge is 2.14. The number of hydrogen-bond acceptors (Lipinski definition) is 4. The number of nitrogens with one attached hydrogen (secondary N) is 1. The first kappa shape index (κ1) is 13.1. The van der Waals surface area contributed by atoms with Gasteiger partial charge in [0.25, 0.3) is 0 Å². The van der Waals surface area contributed by atoms with Gasteiger partial charge in [0.2, 0.25) is 0 Å². The summed E-state index contributed by atoms with van der Waals surface area (Å²) in [4.78, 5) is 2.69. The minimum absolute atomic E-state index is 0.356. The van der Waals surface area contributed by atoms with E-state index in [1.807, 2.05) is 12.4 Å². The van der Waals surface area contributed by atoms with Gasteiger partial charge in [0.1, 0.15) is 5.75 Å². The van der Waals surface area contributed by atoms with Crippen molar-refractivity contribution in [2.24, 2.45) is 0 Å². The van der Waals surface area contributed by atoms with Gasteiger partial charge < -0.3 is 10.1 Å². The summed E-state index contributed by atoms with van der Waals surface area (Å²) >= 11 is 7.02. The van der Waals surface area contributed by atoms with Crippen molar-refractivity contribution in [2.75, 3.05) is 14.2 Å². The molecule has 2 heterocycles. The number of likely N-dealkylation sites (N-methyl/N-ethyl adjacent to an activating group) is 1. The molecule has 0 bridgehead atoms. The van der Waals surface area contributed by atoms with Crippen molar-refractivity contribution >= 4 is 38.6 Å². The second-order valence-electron chi connectivity index (χ2n) is 3.64. The summed E-state index contributed by atoms with van der Waals surface area (Å²) in [6, 6.07) is 6.73. The number of ether oxygens (including phenoxy) is 1. The molecular formula is C12H14BrNOS2. The third kappa shape index (κ3) is 3.31. The van der Waals surface area contributed by atoms with Crippen molar-refractivity contribution in [1.29, 1.82) is 0 Å². The molecule has 2 aromatic rings. The number of thiophene rings is 2. The van der Waals surface area contributed by atoms with E-state index in [-0.39, 0.29) is 0 Å². The minimum atomic E-state index is 0.356. The molecule has 17 heavy (non-hydrogen) atoms. The van der Waals surface area contributed by atoms with E-state index < -0.39 is 0 Å². The monoisotopic (exact) mass is 331 g/mol. The van der Waals surface area contributed by atoms with E-state index in [9.17, 15) is 0 Å². The maximum absolute atomic E-state index is 5.22. The molecule has 0 aliphatic heterocycles. The zero-order chi connectivity index (χ0) is 12.3. The van der Waals surface area contributed by atoms with Crippen LogP contribution in [0.1, 0.15) is 15.8 Å². The lowest BCUT2D eigenvalue weighted by atomic mass is 10.1. The zero-order valence-corrected chi connectivity index (χ0v) is 12.9. The molecule has 1 atom stereocenters. The molecule has 0 radical (unpaired) electrons. The number of methoxy groups -OCH3 is 1. The summed E-state index contributed by atoms with van der Waals surface area (Å²) in [5.74, 6) is 0.942. The van der Waals surface area contributed by atoms with Crippen LogP contribution in [0.5, 0.6) is 5.75 Å². The Balaban J connectivity index is 2.10. The van der Waals surface area contributed by atoms with Gasteiger partial charge in [-0.2, -0.15) is 0 Å². The number of rotatable bonds is 5. The maximum Gasteiger partial charge on any atom is 0.129 e. The molecule has 0 saturated heterocycles. The molecule has 0 aromatic carbocycles. The molecule has 92 valence electrons. The molecule has 2 rings (SSSR count). The van der Waals surface area contributed by atoms with Crippen LogP contribution < -0.4 is 10.1 Å². The second kappa shape index (κ2) is 6.00. The summed E-state index contributed by atoms with van der Waals surface area (Å²) in [6.45, 7) is 0. The van der Waals surface area contributed by atoms with Crippen molar-refractivity contribution < 1.29 is 4.74 Å². The molecule has 0 fully saturated rings. The average molecular weight is 332 g/mol. The SMILES string of the molecule is CNC(Cc1ccc(Br)s1)c1cc(OC)cs1. The van der Waals surface area contributed by atoms with E-state index >= 15 is 0 Å². The van der Waals surface area contributed by atoms with Crippen LogP contribution in [0.4, 0.5) is 0 Å². The van der Waals surface area contributed by atoms with Gasteiger partial charge in [-0.25, -0.2) is 0 Å². The Morgan fingerprint density at radius 1 is 1.47 bits per heavy atom. The van der Waals surface area contributed by atoms with Gasteiger partial charge in [-0.05, 0) is 41.2 Å². The van der Waals surface area contributed by atoms with Gasteiger partial charge in [0.05, 0.1) is 10.9 Å². The maximum atomic E-state index is 5.22. The van der Waals surface area contributed by atoms with Gasteiger partial charge in [0.15, 0.2) is 0 Å². The normalized spacial score (nSPS) is 12.6. The smallest absolute Gasteiger partial charge is 0.129 e. The molecule has 1 unspecified atom stereocenters. The molecular weight excluding hydrogens is 318 g/mol. The largest absolute Gasteiger partial charge is 0.496 e. The lowest BCUT2D eigenvalue weighted by Crippen LogP contribution is -2.17. The van der Waals surface area contributed by atoms with Crippen molar-refractivity contribution in [3.8, 4) is 5.75 Å². The van der Waals surface area contributed by atoms with Crippen LogP contribution >= 0.6 is 38.6 Å². The first-order valence-electron chi connectivity index (χ1n) is 5.27. The van der Waals surface area contributed by atoms with E-state index in [0.717, 1.165) is 12.2 Å². The van der Waals surface area contributed by atoms with E-state index in [2.05, 4.69) is 39.4 Å². The van der Waals surface area contributed by atoms with Crippen molar-refractivity contribution in [3.05, 3.63) is 37.1 Å². The molecule has 1 N–H and O–H groups in total. The van der Waals surface area contributed by atoms with Crippen LogP contribution in [0.15, 0.2) is 27.4 Å². The lowest BCUT2D eigenvalue weighted by molar-refractivity contribution is 0.416. The molecule has 5 heteroatoms. The minimum Gasteiger partial charge on any atom is -0.496 e. The fraction of sp³-hybridized carbons (Fsp3) is 0.333. The Morgan fingerprint density at radius 2 is 2.29 bits per heavy atom. The van der Waals surface area contributed by atoms with E-state index in [1.165, 1.54) is 13.5 Å². The van der Waals surface area contributed by atoms with E-state index in [1.54, 1.807) is 29.8 Å². The third-order valence-corrected chi connectivity index (χ3v) is 5.23. The van der Waals surface area contributed by atoms with Gasteiger partial charge in [0, 0.05) is 27.6 Å². The van der Waals surface area contributed by atoms with Crippen LogP contribution in [0.25, 0.3) is 0 Å². The van der Waals surface area contributed by atoms with Crippen molar-refractivity contribution in [1.82, 2.24) is 5.32 Å². The van der Waals surface area contributed by atoms with Crippen LogP contribution in [0.3, 0.4) is 0 Å². The van der Waals surface area contributed by atoms with Crippen LogP contribution in [0, 0.1) is 0 Å². The highest BCUT2D eigenvalue weighted by atomic mass is 79.9. The zero-order valence-electron chi connectivity index (χ0n) is 9.70. The van der Waals surface area contributed by atoms with Gasteiger partial charge in [-0.15, -0.1) is 22.7 Å². The summed E-state index contributed by atoms with van der Waals surface area (Å²) in [5, 5.41) is 5.41. The molecule has 0 spiro atoms. The Kier molecular flexibility index (Phi) is 4.62. The Bertz CT molecular complexity index is 480. The molecule has 2 aromatic heterocycles. The first-order valence-corrected chi connectivity index (χ1v) is 7.75. The summed E-state index contributed by atoms with van der Waals surface area (Å²) in [7, 11) is 3.70. The first-order chi connectivity index (χ1) is 8.22. The van der Waals surface area contributed by atoms with Gasteiger partial charge in [-0.1, -0.05) is 0 Å². The Labute approximate surface area is 118 Å². The lowest BCUT2D eigenvalue weighted by Gasteiger charge is -2.12. The van der Waals surface area contributed by atoms with Crippen LogP contribution in [-0.4, -0.2) is 14.2 Å². The predicted molar refractivity (Wildman–Crippen MR) is 78.4 cm³/mol. The highest BCUT2D eigenvalue weighted by Crippen LogP contribution is 2.31. The van der Waals surface area contributed by atoms with Crippen LogP contribution in [-0.2, 0) is 6.42 Å². The summed E-state index contributed by atoms with van der Waals surface area (Å²) in [5.41, 5.74) is 0. The Morgan fingerprint density at radius 3 is 2.82 bits per heavy atom. The van der Waals surface area contributed by atoms with Gasteiger partial charge in [-0.3, -0.25) is 0 Å². The molecule has 2 nitrogen and oxygen atoms in total. The van der Waals surface area contributed by atoms with Gasteiger partial charge >= 0.3 is 0 Å². The second-order valence-corrected chi connectivity index (χ2v) is 7.13.